The van der Waals surface area contributed by atoms with Gasteiger partial charge in [0.15, 0.2) is 0 Å². The van der Waals surface area contributed by atoms with E-state index in [-0.39, 0.29) is 11.8 Å². The third kappa shape index (κ3) is 4.22. The molecule has 2 heterocycles. The van der Waals surface area contributed by atoms with E-state index in [0.29, 0.717) is 24.4 Å². The number of halogens is 1. The van der Waals surface area contributed by atoms with Crippen LogP contribution >= 0.6 is 15.9 Å². The number of carbonyl (C=O) groups is 2. The van der Waals surface area contributed by atoms with Crippen molar-refractivity contribution in [3.05, 3.63) is 99.7 Å². The van der Waals surface area contributed by atoms with Gasteiger partial charge in [-0.3, -0.25) is 9.59 Å². The van der Waals surface area contributed by atoms with Gasteiger partial charge in [0.1, 0.15) is 0 Å². The normalized spacial score (nSPS) is 17.3. The molecule has 0 fully saturated rings. The van der Waals surface area contributed by atoms with Crippen molar-refractivity contribution in [1.82, 2.24) is 9.47 Å². The van der Waals surface area contributed by atoms with Gasteiger partial charge in [-0.05, 0) is 58.2 Å². The van der Waals surface area contributed by atoms with Crippen LogP contribution in [0.25, 0.3) is 10.9 Å². The number of ether oxygens (including phenoxy) is 1. The number of nitrogens with one attached hydrogen (secondary N) is 1. The van der Waals surface area contributed by atoms with Gasteiger partial charge < -0.3 is 19.5 Å². The summed E-state index contributed by atoms with van der Waals surface area (Å²) in [5.74, 6) is -0.879. The van der Waals surface area contributed by atoms with Crippen LogP contribution < -0.4 is 5.32 Å². The third-order valence-corrected chi connectivity index (χ3v) is 7.54. The number of anilines is 1. The van der Waals surface area contributed by atoms with Crippen LogP contribution in [0.3, 0.4) is 0 Å². The monoisotopic (exact) mass is 545 g/mol. The van der Waals surface area contributed by atoms with Crippen LogP contribution in [0.2, 0.25) is 0 Å². The molecule has 6 nitrogen and oxygen atoms in total. The van der Waals surface area contributed by atoms with Gasteiger partial charge in [-0.15, -0.1) is 0 Å². The van der Waals surface area contributed by atoms with Crippen molar-refractivity contribution in [3.63, 3.8) is 0 Å². The zero-order chi connectivity index (χ0) is 25.4. The van der Waals surface area contributed by atoms with Gasteiger partial charge in [-0.25, -0.2) is 0 Å². The highest BCUT2D eigenvalue weighted by molar-refractivity contribution is 9.10. The Bertz CT molecular complexity index is 1460. The molecular formula is C29H28BrN3O3. The molecule has 1 aliphatic heterocycles. The molecule has 0 saturated carbocycles. The molecule has 1 aliphatic rings. The van der Waals surface area contributed by atoms with Gasteiger partial charge in [0, 0.05) is 53.4 Å². The highest BCUT2D eigenvalue weighted by atomic mass is 79.9. The molecule has 1 aromatic heterocycles. The molecular weight excluding hydrogens is 518 g/mol. The Labute approximate surface area is 219 Å². The first-order chi connectivity index (χ1) is 17.4. The van der Waals surface area contributed by atoms with E-state index in [1.54, 1.807) is 18.1 Å². The van der Waals surface area contributed by atoms with Crippen molar-refractivity contribution in [2.45, 2.75) is 18.9 Å². The van der Waals surface area contributed by atoms with Gasteiger partial charge in [0.25, 0.3) is 5.91 Å². The SMILES string of the molecule is COCCN1C(=O)c2ccccc2C(C(=O)Nc2ccc(C)cc2Br)C1c1cn(C)c2ccccc12. The van der Waals surface area contributed by atoms with Crippen molar-refractivity contribution in [2.75, 3.05) is 25.6 Å². The van der Waals surface area contributed by atoms with E-state index in [0.717, 1.165) is 32.1 Å². The van der Waals surface area contributed by atoms with Crippen LogP contribution in [-0.4, -0.2) is 41.5 Å². The molecule has 0 aliphatic carbocycles. The maximum Gasteiger partial charge on any atom is 0.254 e. The lowest BCUT2D eigenvalue weighted by atomic mass is 9.79. The molecule has 5 rings (SSSR count). The fourth-order valence-corrected chi connectivity index (χ4v) is 5.79. The second-order valence-electron chi connectivity index (χ2n) is 9.19. The van der Waals surface area contributed by atoms with E-state index in [1.807, 2.05) is 68.7 Å². The minimum Gasteiger partial charge on any atom is -0.383 e. The van der Waals surface area contributed by atoms with Crippen LogP contribution in [0.15, 0.2) is 77.4 Å². The van der Waals surface area contributed by atoms with Crippen molar-refractivity contribution in [1.29, 1.82) is 0 Å². The molecule has 7 heteroatoms. The number of para-hydroxylation sites is 1. The fourth-order valence-electron chi connectivity index (χ4n) is 5.20. The number of methoxy groups -OCH3 is 1. The second kappa shape index (κ2) is 9.91. The molecule has 0 saturated heterocycles. The van der Waals surface area contributed by atoms with E-state index in [2.05, 4.69) is 37.9 Å². The molecule has 0 bridgehead atoms. The predicted molar refractivity (Wildman–Crippen MR) is 145 cm³/mol. The number of aromatic nitrogens is 1. The van der Waals surface area contributed by atoms with Crippen LogP contribution in [0.5, 0.6) is 0 Å². The summed E-state index contributed by atoms with van der Waals surface area (Å²) in [5.41, 5.74) is 5.05. The number of benzene rings is 3. The van der Waals surface area contributed by atoms with E-state index in [1.165, 1.54) is 0 Å². The number of aryl methyl sites for hydroxylation is 2. The van der Waals surface area contributed by atoms with Crippen molar-refractivity contribution >= 4 is 44.3 Å². The van der Waals surface area contributed by atoms with Crippen molar-refractivity contribution in [3.8, 4) is 0 Å². The molecule has 3 aromatic carbocycles. The van der Waals surface area contributed by atoms with Gasteiger partial charge >= 0.3 is 0 Å². The van der Waals surface area contributed by atoms with E-state index >= 15 is 0 Å². The van der Waals surface area contributed by atoms with Gasteiger partial charge in [0.2, 0.25) is 5.91 Å². The Balaban J connectivity index is 1.69. The number of fused-ring (bicyclic) bond motifs is 2. The lowest BCUT2D eigenvalue weighted by molar-refractivity contribution is -0.119. The van der Waals surface area contributed by atoms with Crippen molar-refractivity contribution in [2.24, 2.45) is 7.05 Å². The minimum absolute atomic E-state index is 0.0962. The molecule has 1 N–H and O–H groups in total. The summed E-state index contributed by atoms with van der Waals surface area (Å²) in [4.78, 5) is 29.7. The second-order valence-corrected chi connectivity index (χ2v) is 10.0. The van der Waals surface area contributed by atoms with Crippen LogP contribution in [0, 0.1) is 6.92 Å². The molecule has 0 spiro atoms. The smallest absolute Gasteiger partial charge is 0.254 e. The number of nitrogens with zero attached hydrogens (tertiary/aromatic N) is 2. The Morgan fingerprint density at radius 1 is 1.06 bits per heavy atom. The molecule has 184 valence electrons. The minimum atomic E-state index is -0.616. The average Bonchev–Trinajstić information content (AvgIpc) is 3.21. The highest BCUT2D eigenvalue weighted by Gasteiger charge is 2.45. The summed E-state index contributed by atoms with van der Waals surface area (Å²) in [7, 11) is 3.61. The summed E-state index contributed by atoms with van der Waals surface area (Å²) in [6.45, 7) is 2.74. The number of hydrogen-bond acceptors (Lipinski definition) is 3. The number of hydrogen-bond donors (Lipinski definition) is 1. The third-order valence-electron chi connectivity index (χ3n) is 6.89. The molecule has 4 aromatic rings. The first-order valence-electron chi connectivity index (χ1n) is 11.9. The van der Waals surface area contributed by atoms with E-state index in [4.69, 9.17) is 4.74 Å². The Morgan fingerprint density at radius 2 is 1.81 bits per heavy atom. The lowest BCUT2D eigenvalue weighted by Crippen LogP contribution is -2.47. The lowest BCUT2D eigenvalue weighted by Gasteiger charge is -2.41. The highest BCUT2D eigenvalue weighted by Crippen LogP contribution is 2.45. The molecule has 0 radical (unpaired) electrons. The zero-order valence-corrected chi connectivity index (χ0v) is 22.1. The summed E-state index contributed by atoms with van der Waals surface area (Å²) in [6, 6.07) is 20.8. The average molecular weight is 546 g/mol. The van der Waals surface area contributed by atoms with Crippen molar-refractivity contribution < 1.29 is 14.3 Å². The van der Waals surface area contributed by atoms with E-state index < -0.39 is 12.0 Å². The predicted octanol–water partition coefficient (Wildman–Crippen LogP) is 5.82. The van der Waals surface area contributed by atoms with Gasteiger partial charge in [-0.1, -0.05) is 42.5 Å². The number of carbonyl (C=O) groups excluding carboxylic acids is 2. The quantitative estimate of drug-likeness (QED) is 0.332. The maximum atomic E-state index is 14.1. The Kier molecular flexibility index (Phi) is 6.69. The van der Waals surface area contributed by atoms with Gasteiger partial charge in [0.05, 0.1) is 24.3 Å². The summed E-state index contributed by atoms with van der Waals surface area (Å²) >= 11 is 3.58. The topological polar surface area (TPSA) is 63.6 Å². The first-order valence-corrected chi connectivity index (χ1v) is 12.7. The summed E-state index contributed by atoms with van der Waals surface area (Å²) < 4.78 is 8.24. The van der Waals surface area contributed by atoms with Crippen LogP contribution in [0.1, 0.15) is 39.0 Å². The molecule has 2 amide bonds. The van der Waals surface area contributed by atoms with Crippen LogP contribution in [0.4, 0.5) is 5.69 Å². The molecule has 2 atom stereocenters. The van der Waals surface area contributed by atoms with Gasteiger partial charge in [-0.2, -0.15) is 0 Å². The zero-order valence-electron chi connectivity index (χ0n) is 20.5. The Morgan fingerprint density at radius 3 is 2.58 bits per heavy atom. The molecule has 2 unspecified atom stereocenters. The maximum absolute atomic E-state index is 14.1. The first kappa shape index (κ1) is 24.3. The molecule has 36 heavy (non-hydrogen) atoms. The number of amides is 2. The van der Waals surface area contributed by atoms with E-state index in [9.17, 15) is 9.59 Å². The fraction of sp³-hybridized carbons (Fsp3) is 0.241. The van der Waals surface area contributed by atoms with Crippen LogP contribution in [-0.2, 0) is 16.6 Å². The largest absolute Gasteiger partial charge is 0.383 e. The summed E-state index contributed by atoms with van der Waals surface area (Å²) in [5, 5.41) is 4.15. The number of rotatable bonds is 6. The Hall–Kier alpha value is -3.42. The summed E-state index contributed by atoms with van der Waals surface area (Å²) in [6.07, 6.45) is 2.04. The standard InChI is InChI=1S/C29H28BrN3O3/c1-18-12-13-24(23(30)16-18)31-28(34)26-20-9-4-5-10-21(20)29(35)33(14-15-36-3)27(26)22-17-32(2)25-11-7-6-8-19(22)25/h4-13,16-17,26-27H,14-15H2,1-3H3,(H,31,34).